The van der Waals surface area contributed by atoms with E-state index in [0.29, 0.717) is 13.2 Å². The fraction of sp³-hybridized carbons (Fsp3) is 1.00. The predicted molar refractivity (Wildman–Crippen MR) is 37.0 cm³/mol. The Balaban J connectivity index is 2.95. The zero-order valence-corrected chi connectivity index (χ0v) is 6.73. The van der Waals surface area contributed by atoms with Crippen molar-refractivity contribution in [2.24, 2.45) is 0 Å². The summed E-state index contributed by atoms with van der Waals surface area (Å²) in [5, 5.41) is 0. The molecule has 0 fully saturated rings. The van der Waals surface area contributed by atoms with Crippen molar-refractivity contribution in [3.8, 4) is 0 Å². The van der Waals surface area contributed by atoms with Gasteiger partial charge in [0, 0.05) is 0 Å². The van der Waals surface area contributed by atoms with E-state index in [1.807, 2.05) is 13.8 Å². The van der Waals surface area contributed by atoms with Crippen molar-refractivity contribution in [3.63, 3.8) is 0 Å². The molecule has 0 amide bonds. The molecule has 0 heterocycles. The van der Waals surface area contributed by atoms with Gasteiger partial charge in [-0.05, 0) is 13.3 Å². The fourth-order valence-corrected chi connectivity index (χ4v) is 0.951. The molecule has 0 spiro atoms. The SMILES string of the molecule is CCCOP(O)OCC. The molecule has 0 aromatic rings. The van der Waals surface area contributed by atoms with Gasteiger partial charge in [-0.3, -0.25) is 0 Å². The second-order valence-corrected chi connectivity index (χ2v) is 2.48. The molecule has 0 saturated carbocycles. The second kappa shape index (κ2) is 6.43. The standard InChI is InChI=1S/C5H13O3P/c1-3-5-8-9(6)7-4-2/h6H,3-5H2,1-2H3. The van der Waals surface area contributed by atoms with Crippen molar-refractivity contribution in [1.82, 2.24) is 0 Å². The summed E-state index contributed by atoms with van der Waals surface area (Å²) in [5.74, 6) is 0. The van der Waals surface area contributed by atoms with Crippen molar-refractivity contribution in [2.45, 2.75) is 20.3 Å². The largest absolute Gasteiger partial charge is 0.329 e. The van der Waals surface area contributed by atoms with Crippen LogP contribution < -0.4 is 0 Å². The van der Waals surface area contributed by atoms with Gasteiger partial charge in [-0.15, -0.1) is 0 Å². The van der Waals surface area contributed by atoms with Gasteiger partial charge in [0.15, 0.2) is 0 Å². The monoisotopic (exact) mass is 152 g/mol. The topological polar surface area (TPSA) is 38.7 Å². The molecule has 0 aliphatic carbocycles. The Labute approximate surface area is 57.0 Å². The molecule has 56 valence electrons. The minimum absolute atomic E-state index is 0.506. The summed E-state index contributed by atoms with van der Waals surface area (Å²) in [6.07, 6.45) is 0.909. The molecule has 9 heavy (non-hydrogen) atoms. The third-order valence-corrected chi connectivity index (χ3v) is 1.53. The molecular weight excluding hydrogens is 139 g/mol. The van der Waals surface area contributed by atoms with Gasteiger partial charge in [-0.1, -0.05) is 6.92 Å². The minimum atomic E-state index is -1.59. The summed E-state index contributed by atoms with van der Waals surface area (Å²) in [4.78, 5) is 8.80. The van der Waals surface area contributed by atoms with Crippen LogP contribution in [0.1, 0.15) is 20.3 Å². The number of rotatable bonds is 5. The Morgan fingerprint density at radius 2 is 2.00 bits per heavy atom. The van der Waals surface area contributed by atoms with Crippen molar-refractivity contribution in [2.75, 3.05) is 13.2 Å². The van der Waals surface area contributed by atoms with E-state index in [1.54, 1.807) is 0 Å². The number of hydrogen-bond acceptors (Lipinski definition) is 3. The first-order chi connectivity index (χ1) is 4.31. The summed E-state index contributed by atoms with van der Waals surface area (Å²) in [5.41, 5.74) is 0. The average Bonchev–Trinajstić information content (AvgIpc) is 1.85. The highest BCUT2D eigenvalue weighted by molar-refractivity contribution is 7.40. The van der Waals surface area contributed by atoms with E-state index in [9.17, 15) is 0 Å². The molecule has 3 nitrogen and oxygen atoms in total. The Hall–Kier alpha value is 0.310. The summed E-state index contributed by atoms with van der Waals surface area (Å²) in [6.45, 7) is 4.88. The minimum Gasteiger partial charge on any atom is -0.328 e. The van der Waals surface area contributed by atoms with Crippen LogP contribution in [0.5, 0.6) is 0 Å². The average molecular weight is 152 g/mol. The lowest BCUT2D eigenvalue weighted by atomic mass is 10.5. The van der Waals surface area contributed by atoms with Crippen LogP contribution in [-0.4, -0.2) is 18.1 Å². The van der Waals surface area contributed by atoms with E-state index in [1.165, 1.54) is 0 Å². The van der Waals surface area contributed by atoms with Crippen molar-refractivity contribution >= 4 is 8.60 Å². The molecule has 1 N–H and O–H groups in total. The van der Waals surface area contributed by atoms with E-state index in [2.05, 4.69) is 0 Å². The maximum Gasteiger partial charge on any atom is 0.329 e. The predicted octanol–water partition coefficient (Wildman–Crippen LogP) is 1.67. The van der Waals surface area contributed by atoms with Gasteiger partial charge >= 0.3 is 8.60 Å². The van der Waals surface area contributed by atoms with E-state index >= 15 is 0 Å². The molecule has 0 aliphatic heterocycles. The van der Waals surface area contributed by atoms with Crippen LogP contribution in [0.2, 0.25) is 0 Å². The maximum absolute atomic E-state index is 8.80. The highest BCUT2D eigenvalue weighted by Crippen LogP contribution is 2.31. The van der Waals surface area contributed by atoms with E-state index in [0.717, 1.165) is 6.42 Å². The molecule has 0 aliphatic rings. The molecule has 1 unspecified atom stereocenters. The Kier molecular flexibility index (Phi) is 6.65. The zero-order chi connectivity index (χ0) is 7.11. The first-order valence-corrected chi connectivity index (χ1v) is 4.19. The lowest BCUT2D eigenvalue weighted by molar-refractivity contribution is 0.208. The van der Waals surface area contributed by atoms with E-state index in [-0.39, 0.29) is 0 Å². The van der Waals surface area contributed by atoms with Crippen LogP contribution in [0, 0.1) is 0 Å². The van der Waals surface area contributed by atoms with Gasteiger partial charge in [-0.2, -0.15) is 0 Å². The van der Waals surface area contributed by atoms with Gasteiger partial charge < -0.3 is 13.9 Å². The maximum atomic E-state index is 8.80. The third kappa shape index (κ3) is 6.19. The zero-order valence-electron chi connectivity index (χ0n) is 5.83. The smallest absolute Gasteiger partial charge is 0.328 e. The van der Waals surface area contributed by atoms with Gasteiger partial charge in [0.1, 0.15) is 0 Å². The molecular formula is C5H13O3P. The quantitative estimate of drug-likeness (QED) is 0.609. The normalized spacial score (nSPS) is 13.7. The van der Waals surface area contributed by atoms with Gasteiger partial charge in [-0.25, -0.2) is 0 Å². The van der Waals surface area contributed by atoms with Crippen LogP contribution in [0.15, 0.2) is 0 Å². The first-order valence-electron chi connectivity index (χ1n) is 3.06. The summed E-state index contributed by atoms with van der Waals surface area (Å²) in [6, 6.07) is 0. The lowest BCUT2D eigenvalue weighted by Crippen LogP contribution is -1.90. The molecule has 0 radical (unpaired) electrons. The van der Waals surface area contributed by atoms with E-state index < -0.39 is 8.60 Å². The van der Waals surface area contributed by atoms with E-state index in [4.69, 9.17) is 13.9 Å². The Morgan fingerprint density at radius 1 is 1.33 bits per heavy atom. The highest BCUT2D eigenvalue weighted by Gasteiger charge is 2.01. The van der Waals surface area contributed by atoms with Crippen LogP contribution >= 0.6 is 8.60 Å². The Morgan fingerprint density at radius 3 is 2.44 bits per heavy atom. The Bertz CT molecular complexity index is 60.2. The van der Waals surface area contributed by atoms with Crippen LogP contribution in [-0.2, 0) is 9.05 Å². The highest BCUT2D eigenvalue weighted by atomic mass is 31.2. The van der Waals surface area contributed by atoms with Crippen LogP contribution in [0.3, 0.4) is 0 Å². The van der Waals surface area contributed by atoms with Crippen molar-refractivity contribution < 1.29 is 13.9 Å². The summed E-state index contributed by atoms with van der Waals surface area (Å²) >= 11 is 0. The van der Waals surface area contributed by atoms with Gasteiger partial charge in [0.2, 0.25) is 0 Å². The summed E-state index contributed by atoms with van der Waals surface area (Å²) in [7, 11) is -1.59. The lowest BCUT2D eigenvalue weighted by Gasteiger charge is -2.06. The van der Waals surface area contributed by atoms with Gasteiger partial charge in [0.05, 0.1) is 13.2 Å². The van der Waals surface area contributed by atoms with Crippen molar-refractivity contribution in [3.05, 3.63) is 0 Å². The van der Waals surface area contributed by atoms with Crippen LogP contribution in [0.4, 0.5) is 0 Å². The molecule has 4 heteroatoms. The fourth-order valence-electron chi connectivity index (χ4n) is 0.317. The van der Waals surface area contributed by atoms with Crippen molar-refractivity contribution in [1.29, 1.82) is 0 Å². The molecule has 0 aromatic carbocycles. The molecule has 0 aromatic heterocycles. The molecule has 0 rings (SSSR count). The van der Waals surface area contributed by atoms with Gasteiger partial charge in [0.25, 0.3) is 0 Å². The summed E-state index contributed by atoms with van der Waals surface area (Å²) < 4.78 is 9.57. The third-order valence-electron chi connectivity index (χ3n) is 0.645. The number of hydrogen-bond donors (Lipinski definition) is 1. The van der Waals surface area contributed by atoms with Crippen LogP contribution in [0.25, 0.3) is 0 Å². The molecule has 1 atom stereocenters. The second-order valence-electron chi connectivity index (χ2n) is 1.49. The first kappa shape index (κ1) is 9.31. The molecule has 0 saturated heterocycles. The molecule has 0 bridgehead atoms.